The molecular weight excluding hydrogens is 380 g/mol. The summed E-state index contributed by atoms with van der Waals surface area (Å²) < 4.78 is 5.45. The van der Waals surface area contributed by atoms with Crippen LogP contribution >= 0.6 is 0 Å². The van der Waals surface area contributed by atoms with Gasteiger partial charge in [0.15, 0.2) is 5.65 Å². The van der Waals surface area contributed by atoms with Gasteiger partial charge in [0.25, 0.3) is 0 Å². The zero-order valence-electron chi connectivity index (χ0n) is 16.9. The second-order valence-corrected chi connectivity index (χ2v) is 7.69. The maximum Gasteiger partial charge on any atom is 0.247 e. The standard InChI is InChI=1S/C20H22N10/c1-3-15-9-23-30(11-15)20(6-7-21)13-28(14-20)17-5-4-8-29-18(17)25-19(26-29)24-16-10-22-27(2)12-16/h4-5,8-12H,3,6,13-14H2,1-2H3,(H,24,26). The van der Waals surface area contributed by atoms with Crippen LogP contribution in [0, 0.1) is 11.3 Å². The van der Waals surface area contributed by atoms with Crippen LogP contribution < -0.4 is 10.2 Å². The van der Waals surface area contributed by atoms with E-state index >= 15 is 0 Å². The SMILES string of the molecule is CCc1cnn(C2(CC#N)CN(c3cccn4nc(Nc5cnn(C)c5)nc34)C2)c1. The number of nitriles is 1. The van der Waals surface area contributed by atoms with Gasteiger partial charge in [-0.2, -0.15) is 20.4 Å². The van der Waals surface area contributed by atoms with Gasteiger partial charge >= 0.3 is 0 Å². The lowest BCUT2D eigenvalue weighted by molar-refractivity contribution is 0.198. The molecule has 1 saturated heterocycles. The van der Waals surface area contributed by atoms with Crippen molar-refractivity contribution in [1.82, 2.24) is 34.2 Å². The first-order chi connectivity index (χ1) is 14.6. The highest BCUT2D eigenvalue weighted by atomic mass is 15.4. The predicted octanol–water partition coefficient (Wildman–Crippen LogP) is 2.09. The van der Waals surface area contributed by atoms with Crippen molar-refractivity contribution in [1.29, 1.82) is 5.26 Å². The number of aryl methyl sites for hydroxylation is 2. The molecule has 0 radical (unpaired) electrons. The molecule has 0 unspecified atom stereocenters. The van der Waals surface area contributed by atoms with Crippen LogP contribution in [0.25, 0.3) is 5.65 Å². The number of anilines is 3. The van der Waals surface area contributed by atoms with Gasteiger partial charge in [0, 0.05) is 38.7 Å². The molecule has 0 amide bonds. The normalized spacial score (nSPS) is 15.2. The fraction of sp³-hybridized carbons (Fsp3) is 0.350. The number of nitrogens with one attached hydrogen (secondary N) is 1. The Labute approximate surface area is 173 Å². The molecule has 0 aliphatic carbocycles. The lowest BCUT2D eigenvalue weighted by Gasteiger charge is -2.50. The maximum absolute atomic E-state index is 9.41. The van der Waals surface area contributed by atoms with E-state index in [1.807, 2.05) is 42.5 Å². The van der Waals surface area contributed by atoms with Crippen molar-refractivity contribution in [2.45, 2.75) is 25.3 Å². The van der Waals surface area contributed by atoms with Crippen LogP contribution in [0.15, 0.2) is 43.1 Å². The van der Waals surface area contributed by atoms with Crippen LogP contribution in [0.4, 0.5) is 17.3 Å². The highest BCUT2D eigenvalue weighted by molar-refractivity contribution is 5.72. The molecule has 4 aromatic rings. The second-order valence-electron chi connectivity index (χ2n) is 7.69. The summed E-state index contributed by atoms with van der Waals surface area (Å²) in [4.78, 5) is 6.90. The summed E-state index contributed by atoms with van der Waals surface area (Å²) in [5, 5.41) is 25.8. The van der Waals surface area contributed by atoms with Gasteiger partial charge in [0.2, 0.25) is 5.95 Å². The van der Waals surface area contributed by atoms with Gasteiger partial charge in [-0.3, -0.25) is 9.36 Å². The number of nitrogens with zero attached hydrogens (tertiary/aromatic N) is 9. The summed E-state index contributed by atoms with van der Waals surface area (Å²) in [7, 11) is 1.86. The zero-order valence-corrected chi connectivity index (χ0v) is 16.9. The summed E-state index contributed by atoms with van der Waals surface area (Å²) in [5.41, 5.74) is 3.45. The Morgan fingerprint density at radius 3 is 2.80 bits per heavy atom. The Morgan fingerprint density at radius 2 is 2.10 bits per heavy atom. The lowest BCUT2D eigenvalue weighted by Crippen LogP contribution is -2.63. The zero-order chi connectivity index (χ0) is 20.7. The van der Waals surface area contributed by atoms with E-state index in [-0.39, 0.29) is 5.54 Å². The molecule has 4 aromatic heterocycles. The van der Waals surface area contributed by atoms with Crippen LogP contribution in [0.3, 0.4) is 0 Å². The first-order valence-corrected chi connectivity index (χ1v) is 9.87. The van der Waals surface area contributed by atoms with Gasteiger partial charge in [-0.1, -0.05) is 6.92 Å². The summed E-state index contributed by atoms with van der Waals surface area (Å²) in [5.74, 6) is 0.513. The van der Waals surface area contributed by atoms with E-state index in [4.69, 9.17) is 0 Å². The third-order valence-corrected chi connectivity index (χ3v) is 5.55. The summed E-state index contributed by atoms with van der Waals surface area (Å²) in [6, 6.07) is 6.33. The molecule has 152 valence electrons. The molecule has 1 fully saturated rings. The quantitative estimate of drug-likeness (QED) is 0.526. The number of aromatic nitrogens is 7. The van der Waals surface area contributed by atoms with Crippen LogP contribution in [0.2, 0.25) is 0 Å². The van der Waals surface area contributed by atoms with Crippen molar-refractivity contribution in [2.75, 3.05) is 23.3 Å². The highest BCUT2D eigenvalue weighted by Gasteiger charge is 2.46. The minimum absolute atomic E-state index is 0.314. The Hall–Kier alpha value is -3.87. The molecule has 1 aliphatic rings. The molecule has 10 heteroatoms. The minimum Gasteiger partial charge on any atom is -0.363 e. The average Bonchev–Trinajstić information content (AvgIpc) is 3.43. The number of hydrogen-bond donors (Lipinski definition) is 1. The van der Waals surface area contributed by atoms with E-state index in [1.54, 1.807) is 15.4 Å². The molecule has 5 heterocycles. The fourth-order valence-corrected chi connectivity index (χ4v) is 3.93. The number of pyridine rings is 1. The second kappa shape index (κ2) is 6.88. The molecule has 0 spiro atoms. The highest BCUT2D eigenvalue weighted by Crippen LogP contribution is 2.37. The first-order valence-electron chi connectivity index (χ1n) is 9.87. The van der Waals surface area contributed by atoms with E-state index in [0.29, 0.717) is 25.5 Å². The van der Waals surface area contributed by atoms with Crippen molar-refractivity contribution in [2.24, 2.45) is 7.05 Å². The van der Waals surface area contributed by atoms with Crippen LogP contribution in [0.1, 0.15) is 18.9 Å². The average molecular weight is 402 g/mol. The predicted molar refractivity (Wildman–Crippen MR) is 111 cm³/mol. The molecule has 0 atom stereocenters. The monoisotopic (exact) mass is 402 g/mol. The molecule has 1 aliphatic heterocycles. The van der Waals surface area contributed by atoms with Gasteiger partial charge in [-0.15, -0.1) is 5.10 Å². The van der Waals surface area contributed by atoms with E-state index in [1.165, 1.54) is 5.56 Å². The van der Waals surface area contributed by atoms with Gasteiger partial charge in [-0.05, 0) is 24.1 Å². The molecule has 0 saturated carbocycles. The third kappa shape index (κ3) is 2.95. The van der Waals surface area contributed by atoms with E-state index in [2.05, 4.69) is 49.7 Å². The van der Waals surface area contributed by atoms with E-state index in [0.717, 1.165) is 23.4 Å². The Bertz CT molecular complexity index is 1230. The first kappa shape index (κ1) is 18.2. The van der Waals surface area contributed by atoms with Crippen molar-refractivity contribution in [3.63, 3.8) is 0 Å². The van der Waals surface area contributed by atoms with Gasteiger partial charge in [0.05, 0.1) is 36.3 Å². The molecular formula is C20H22N10. The van der Waals surface area contributed by atoms with E-state index < -0.39 is 0 Å². The maximum atomic E-state index is 9.41. The summed E-state index contributed by atoms with van der Waals surface area (Å²) in [6.07, 6.45) is 10.8. The lowest BCUT2D eigenvalue weighted by atomic mass is 9.86. The van der Waals surface area contributed by atoms with Crippen LogP contribution in [-0.4, -0.2) is 47.2 Å². The third-order valence-electron chi connectivity index (χ3n) is 5.55. The van der Waals surface area contributed by atoms with Gasteiger partial charge in [-0.25, -0.2) is 4.52 Å². The smallest absolute Gasteiger partial charge is 0.247 e. The van der Waals surface area contributed by atoms with Crippen molar-refractivity contribution >= 4 is 23.0 Å². The number of hydrogen-bond acceptors (Lipinski definition) is 7. The molecule has 10 nitrogen and oxygen atoms in total. The minimum atomic E-state index is -0.314. The Morgan fingerprint density at radius 1 is 1.23 bits per heavy atom. The number of fused-ring (bicyclic) bond motifs is 1. The van der Waals surface area contributed by atoms with Gasteiger partial charge < -0.3 is 10.2 Å². The Kier molecular flexibility index (Phi) is 4.17. The van der Waals surface area contributed by atoms with Crippen LogP contribution in [-0.2, 0) is 19.0 Å². The topological polar surface area (TPSA) is 105 Å². The van der Waals surface area contributed by atoms with Gasteiger partial charge in [0.1, 0.15) is 5.54 Å². The molecule has 5 rings (SSSR count). The summed E-state index contributed by atoms with van der Waals surface area (Å²) >= 11 is 0. The van der Waals surface area contributed by atoms with Crippen molar-refractivity contribution in [3.05, 3.63) is 48.7 Å². The molecule has 0 bridgehead atoms. The number of rotatable bonds is 6. The molecule has 30 heavy (non-hydrogen) atoms. The van der Waals surface area contributed by atoms with Crippen LogP contribution in [0.5, 0.6) is 0 Å². The summed E-state index contributed by atoms with van der Waals surface area (Å²) in [6.45, 7) is 3.50. The van der Waals surface area contributed by atoms with E-state index in [9.17, 15) is 5.26 Å². The molecule has 1 N–H and O–H groups in total. The Balaban J connectivity index is 1.42. The molecule has 0 aromatic carbocycles. The largest absolute Gasteiger partial charge is 0.363 e. The fourth-order valence-electron chi connectivity index (χ4n) is 3.93. The van der Waals surface area contributed by atoms with Crippen molar-refractivity contribution < 1.29 is 0 Å². The van der Waals surface area contributed by atoms with Crippen molar-refractivity contribution in [3.8, 4) is 6.07 Å².